The minimum absolute atomic E-state index is 0.153. The van der Waals surface area contributed by atoms with E-state index >= 15 is 0 Å². The molecule has 1 aliphatic rings. The quantitative estimate of drug-likeness (QED) is 0.409. The van der Waals surface area contributed by atoms with E-state index in [1.54, 1.807) is 12.4 Å². The average Bonchev–Trinajstić information content (AvgIpc) is 3.32. The molecule has 0 saturated carbocycles. The molecule has 3 aromatic rings. The fourth-order valence-electron chi connectivity index (χ4n) is 3.62. The Hall–Kier alpha value is -2.72. The highest BCUT2D eigenvalue weighted by atomic mass is 32.2. The number of pyridine rings is 1. The number of carbonyl (C=O) groups excluding carboxylic acids is 2. The lowest BCUT2D eigenvalue weighted by Gasteiger charge is -2.14. The first-order chi connectivity index (χ1) is 15.4. The SMILES string of the molecule is CC(C)OC(=O)c1c(NC(=O)CSc2nnc(-c3cccnc3)n2C)sc2c1CCCC2. The third-order valence-electron chi connectivity index (χ3n) is 5.06. The summed E-state index contributed by atoms with van der Waals surface area (Å²) in [5.74, 6) is 0.279. The van der Waals surface area contributed by atoms with Crippen molar-refractivity contribution in [2.45, 2.75) is 50.8 Å². The fraction of sp³-hybridized carbons (Fsp3) is 0.409. The van der Waals surface area contributed by atoms with Gasteiger partial charge in [-0.2, -0.15) is 0 Å². The summed E-state index contributed by atoms with van der Waals surface area (Å²) >= 11 is 2.78. The molecule has 1 N–H and O–H groups in total. The van der Waals surface area contributed by atoms with Crippen LogP contribution in [-0.2, 0) is 29.4 Å². The molecule has 168 valence electrons. The van der Waals surface area contributed by atoms with Gasteiger partial charge in [0, 0.05) is 29.9 Å². The maximum absolute atomic E-state index is 12.8. The summed E-state index contributed by atoms with van der Waals surface area (Å²) in [6.45, 7) is 3.65. The zero-order chi connectivity index (χ0) is 22.7. The van der Waals surface area contributed by atoms with Crippen molar-refractivity contribution in [3.8, 4) is 11.4 Å². The number of hydrogen-bond donors (Lipinski definition) is 1. The van der Waals surface area contributed by atoms with E-state index in [9.17, 15) is 9.59 Å². The van der Waals surface area contributed by atoms with Gasteiger partial charge in [-0.05, 0) is 57.2 Å². The molecule has 1 amide bonds. The van der Waals surface area contributed by atoms with Gasteiger partial charge < -0.3 is 14.6 Å². The zero-order valence-electron chi connectivity index (χ0n) is 18.3. The van der Waals surface area contributed by atoms with E-state index in [0.29, 0.717) is 21.5 Å². The smallest absolute Gasteiger partial charge is 0.341 e. The maximum atomic E-state index is 12.8. The summed E-state index contributed by atoms with van der Waals surface area (Å²) in [6, 6.07) is 3.75. The standard InChI is InChI=1S/C22H25N5O3S2/c1-13(2)30-21(29)18-15-8-4-5-9-16(15)32-20(18)24-17(28)12-31-22-26-25-19(27(22)3)14-7-6-10-23-11-14/h6-7,10-11,13H,4-5,8-9,12H2,1-3H3,(H,24,28). The second kappa shape index (κ2) is 9.83. The lowest BCUT2D eigenvalue weighted by molar-refractivity contribution is -0.113. The first kappa shape index (κ1) is 22.5. The largest absolute Gasteiger partial charge is 0.459 e. The van der Waals surface area contributed by atoms with Crippen LogP contribution >= 0.6 is 23.1 Å². The van der Waals surface area contributed by atoms with E-state index in [0.717, 1.165) is 36.8 Å². The van der Waals surface area contributed by atoms with E-state index < -0.39 is 0 Å². The van der Waals surface area contributed by atoms with E-state index in [2.05, 4.69) is 20.5 Å². The number of thiophene rings is 1. The van der Waals surface area contributed by atoms with Crippen molar-refractivity contribution < 1.29 is 14.3 Å². The van der Waals surface area contributed by atoms with Crippen LogP contribution in [0.2, 0.25) is 0 Å². The van der Waals surface area contributed by atoms with Crippen LogP contribution in [0.5, 0.6) is 0 Å². The number of ether oxygens (including phenoxy) is 1. The van der Waals surface area contributed by atoms with Crippen molar-refractivity contribution >= 4 is 40.0 Å². The third kappa shape index (κ3) is 4.86. The van der Waals surface area contributed by atoms with Crippen LogP contribution < -0.4 is 5.32 Å². The van der Waals surface area contributed by atoms with Crippen LogP contribution in [0.4, 0.5) is 5.00 Å². The minimum Gasteiger partial charge on any atom is -0.459 e. The number of anilines is 1. The zero-order valence-corrected chi connectivity index (χ0v) is 19.9. The molecule has 0 fully saturated rings. The Labute approximate surface area is 194 Å². The predicted molar refractivity (Wildman–Crippen MR) is 125 cm³/mol. The van der Waals surface area contributed by atoms with Crippen molar-refractivity contribution in [2.24, 2.45) is 7.05 Å². The molecule has 0 bridgehead atoms. The third-order valence-corrected chi connectivity index (χ3v) is 7.29. The molecule has 0 spiro atoms. The molecule has 32 heavy (non-hydrogen) atoms. The van der Waals surface area contributed by atoms with Crippen molar-refractivity contribution in [1.29, 1.82) is 0 Å². The highest BCUT2D eigenvalue weighted by molar-refractivity contribution is 7.99. The van der Waals surface area contributed by atoms with Gasteiger partial charge in [0.25, 0.3) is 0 Å². The molecule has 10 heteroatoms. The molecule has 3 aromatic heterocycles. The summed E-state index contributed by atoms with van der Waals surface area (Å²) < 4.78 is 7.29. The molecule has 1 aliphatic carbocycles. The molecule has 0 atom stereocenters. The van der Waals surface area contributed by atoms with E-state index in [4.69, 9.17) is 4.74 Å². The van der Waals surface area contributed by atoms with Crippen LogP contribution in [0.25, 0.3) is 11.4 Å². The van der Waals surface area contributed by atoms with Crippen LogP contribution in [-0.4, -0.2) is 43.5 Å². The van der Waals surface area contributed by atoms with Crippen LogP contribution in [0, 0.1) is 0 Å². The van der Waals surface area contributed by atoms with Crippen molar-refractivity contribution in [3.63, 3.8) is 0 Å². The number of aryl methyl sites for hydroxylation is 1. The van der Waals surface area contributed by atoms with Crippen LogP contribution in [0.15, 0.2) is 29.7 Å². The number of carbonyl (C=O) groups is 2. The van der Waals surface area contributed by atoms with Gasteiger partial charge >= 0.3 is 5.97 Å². The molecular formula is C22H25N5O3S2. The predicted octanol–water partition coefficient (Wildman–Crippen LogP) is 4.11. The summed E-state index contributed by atoms with van der Waals surface area (Å²) in [7, 11) is 1.86. The Morgan fingerprint density at radius 2 is 2.09 bits per heavy atom. The number of rotatable bonds is 7. The van der Waals surface area contributed by atoms with Crippen molar-refractivity contribution in [1.82, 2.24) is 19.7 Å². The Morgan fingerprint density at radius 3 is 2.84 bits per heavy atom. The number of hydrogen-bond acceptors (Lipinski definition) is 8. The van der Waals surface area contributed by atoms with E-state index in [1.165, 1.54) is 28.0 Å². The second-order valence-corrected chi connectivity index (χ2v) is 9.86. The van der Waals surface area contributed by atoms with Gasteiger partial charge in [0.1, 0.15) is 5.00 Å². The maximum Gasteiger partial charge on any atom is 0.341 e. The Kier molecular flexibility index (Phi) is 6.90. The molecule has 3 heterocycles. The second-order valence-electron chi connectivity index (χ2n) is 7.81. The van der Waals surface area contributed by atoms with Crippen molar-refractivity contribution in [2.75, 3.05) is 11.1 Å². The normalized spacial score (nSPS) is 13.1. The summed E-state index contributed by atoms with van der Waals surface area (Å²) in [5, 5.41) is 12.6. The Balaban J connectivity index is 1.46. The summed E-state index contributed by atoms with van der Waals surface area (Å²) in [4.78, 5) is 30.8. The highest BCUT2D eigenvalue weighted by Crippen LogP contribution is 2.39. The molecular weight excluding hydrogens is 446 g/mol. The Morgan fingerprint density at radius 1 is 1.28 bits per heavy atom. The number of fused-ring (bicyclic) bond motifs is 1. The molecule has 4 rings (SSSR count). The van der Waals surface area contributed by atoms with Gasteiger partial charge in [-0.1, -0.05) is 11.8 Å². The van der Waals surface area contributed by atoms with Crippen molar-refractivity contribution in [3.05, 3.63) is 40.5 Å². The van der Waals surface area contributed by atoms with Crippen LogP contribution in [0.1, 0.15) is 47.5 Å². The summed E-state index contributed by atoms with van der Waals surface area (Å²) in [6.07, 6.45) is 7.12. The number of nitrogens with one attached hydrogen (secondary N) is 1. The lowest BCUT2D eigenvalue weighted by Crippen LogP contribution is -2.19. The van der Waals surface area contributed by atoms with E-state index in [-0.39, 0.29) is 23.7 Å². The van der Waals surface area contributed by atoms with Gasteiger partial charge in [0.15, 0.2) is 11.0 Å². The average molecular weight is 472 g/mol. The number of nitrogens with zero attached hydrogens (tertiary/aromatic N) is 4. The number of esters is 1. The molecule has 0 aromatic carbocycles. The lowest BCUT2D eigenvalue weighted by atomic mass is 9.95. The fourth-order valence-corrected chi connectivity index (χ4v) is 5.63. The number of thioether (sulfide) groups is 1. The highest BCUT2D eigenvalue weighted by Gasteiger charge is 2.28. The first-order valence-corrected chi connectivity index (χ1v) is 12.3. The topological polar surface area (TPSA) is 99.0 Å². The molecule has 0 unspecified atom stereocenters. The van der Waals surface area contributed by atoms with Gasteiger partial charge in [-0.15, -0.1) is 21.5 Å². The van der Waals surface area contributed by atoms with Crippen LogP contribution in [0.3, 0.4) is 0 Å². The summed E-state index contributed by atoms with van der Waals surface area (Å²) in [5.41, 5.74) is 2.41. The molecule has 0 saturated heterocycles. The number of amides is 1. The monoisotopic (exact) mass is 471 g/mol. The molecule has 8 nitrogen and oxygen atoms in total. The molecule has 0 radical (unpaired) electrons. The first-order valence-electron chi connectivity index (χ1n) is 10.5. The minimum atomic E-state index is -0.364. The number of aromatic nitrogens is 4. The Bertz CT molecular complexity index is 1120. The van der Waals surface area contributed by atoms with Gasteiger partial charge in [-0.25, -0.2) is 4.79 Å². The van der Waals surface area contributed by atoms with Gasteiger partial charge in [0.2, 0.25) is 5.91 Å². The molecule has 0 aliphatic heterocycles. The van der Waals surface area contributed by atoms with Gasteiger partial charge in [-0.3, -0.25) is 9.78 Å². The van der Waals surface area contributed by atoms with E-state index in [1.807, 2.05) is 37.6 Å². The van der Waals surface area contributed by atoms with Gasteiger partial charge in [0.05, 0.1) is 17.4 Å².